The number of amides is 1. The number of aromatic nitrogens is 2. The fraction of sp³-hybridized carbons (Fsp3) is 0.500. The van der Waals surface area contributed by atoms with Crippen LogP contribution in [-0.4, -0.2) is 105 Å². The van der Waals surface area contributed by atoms with Crippen LogP contribution in [-0.2, 0) is 19.5 Å². The number of ether oxygens (including phenoxy) is 3. The number of carbonyl (C=O) groups is 1. The van der Waals surface area contributed by atoms with E-state index >= 15 is 0 Å². The van der Waals surface area contributed by atoms with E-state index in [4.69, 9.17) is 19.2 Å². The fourth-order valence-electron chi connectivity index (χ4n) is 12.2. The first kappa shape index (κ1) is 45.7. The number of pyridine rings is 1. The number of nitro groups is 1. The normalized spacial score (nSPS) is 23.1. The molecule has 0 radical (unpaired) electrons. The fourth-order valence-corrected chi connectivity index (χ4v) is 13.2. The van der Waals surface area contributed by atoms with Gasteiger partial charge in [-0.3, -0.25) is 19.8 Å². The molecule has 364 valence electrons. The van der Waals surface area contributed by atoms with Crippen molar-refractivity contribution in [2.45, 2.75) is 107 Å². The number of likely N-dealkylation sites (tertiary alicyclic amines) is 1. The number of hydrogen-bond acceptors (Lipinski definition) is 13. The monoisotopic (exact) mass is 958 g/mol. The predicted octanol–water partition coefficient (Wildman–Crippen LogP) is 8.83. The number of nitro benzene ring substituents is 1. The number of hydrogen-bond donors (Lipinski definition) is 3. The van der Waals surface area contributed by atoms with Gasteiger partial charge in [0.1, 0.15) is 23.1 Å². The predicted molar refractivity (Wildman–Crippen MR) is 264 cm³/mol. The molecule has 1 spiro atoms. The van der Waals surface area contributed by atoms with Crippen molar-refractivity contribution in [1.29, 1.82) is 0 Å². The molecule has 4 saturated heterocycles. The van der Waals surface area contributed by atoms with Gasteiger partial charge in [0.2, 0.25) is 5.88 Å². The summed E-state index contributed by atoms with van der Waals surface area (Å²) in [6.07, 6.45) is 10.6. The van der Waals surface area contributed by atoms with Gasteiger partial charge in [-0.05, 0) is 135 Å². The third kappa shape index (κ3) is 8.80. The second kappa shape index (κ2) is 18.5. The standard InChI is InChI=1S/C52H62N8O8S/c1-33(2)39-6-3-4-7-40(39)43-8-5-20-58(43)37-29-52(30-37)17-21-57(22-18-52)36-9-11-41(45(27-36)59-44-16-25-67-32-48(44)68-51-47(59)26-35-13-19-53-49(35)55-51)50(61)56-69(64,65)38-10-12-42(46(28-38)60(62)63)54-31-34-14-23-66-24-15-34/h3-4,6-7,9-13,19,26-28,33-34,37,43-44,48,54H,5,8,14-18,20-25,29-32H2,1-2H3,(H,53,55)(H,56,61)/t43-,44-,48-/m0/s1. The molecule has 3 N–H and O–H groups in total. The second-order valence-electron chi connectivity index (χ2n) is 20.4. The Balaban J connectivity index is 0.872. The summed E-state index contributed by atoms with van der Waals surface area (Å²) in [6.45, 7) is 10.00. The molecule has 1 aliphatic carbocycles. The summed E-state index contributed by atoms with van der Waals surface area (Å²) >= 11 is 0. The number of H-pyrrole nitrogens is 1. The number of piperidine rings is 1. The average molecular weight is 959 g/mol. The van der Waals surface area contributed by atoms with E-state index in [1.807, 2.05) is 30.5 Å². The summed E-state index contributed by atoms with van der Waals surface area (Å²) in [7, 11) is -4.59. The summed E-state index contributed by atoms with van der Waals surface area (Å²) < 4.78 is 48.4. The molecule has 0 bridgehead atoms. The summed E-state index contributed by atoms with van der Waals surface area (Å²) in [5.41, 5.74) is 5.98. The van der Waals surface area contributed by atoms with Gasteiger partial charge in [-0.2, -0.15) is 4.98 Å². The Morgan fingerprint density at radius 1 is 0.942 bits per heavy atom. The lowest BCUT2D eigenvalue weighted by Gasteiger charge is -2.56. The zero-order valence-corrected chi connectivity index (χ0v) is 40.2. The zero-order chi connectivity index (χ0) is 47.4. The Morgan fingerprint density at radius 3 is 2.54 bits per heavy atom. The van der Waals surface area contributed by atoms with Crippen LogP contribution in [0.15, 0.2) is 83.9 Å². The average Bonchev–Trinajstić information content (AvgIpc) is 4.03. The van der Waals surface area contributed by atoms with Crippen molar-refractivity contribution in [3.8, 4) is 5.88 Å². The smallest absolute Gasteiger partial charge is 0.293 e. The molecule has 1 amide bonds. The first-order valence-electron chi connectivity index (χ1n) is 24.9. The van der Waals surface area contributed by atoms with Gasteiger partial charge in [-0.25, -0.2) is 13.1 Å². The highest BCUT2D eigenvalue weighted by molar-refractivity contribution is 7.90. The first-order chi connectivity index (χ1) is 33.4. The third-order valence-electron chi connectivity index (χ3n) is 16.0. The molecule has 1 saturated carbocycles. The molecule has 16 nitrogen and oxygen atoms in total. The van der Waals surface area contributed by atoms with Crippen molar-refractivity contribution in [2.24, 2.45) is 11.3 Å². The van der Waals surface area contributed by atoms with Crippen molar-refractivity contribution >= 4 is 55.4 Å². The van der Waals surface area contributed by atoms with Gasteiger partial charge >= 0.3 is 0 Å². The molecule has 11 rings (SSSR count). The van der Waals surface area contributed by atoms with Crippen molar-refractivity contribution < 1.29 is 32.3 Å². The van der Waals surface area contributed by atoms with Gasteiger partial charge in [0.05, 0.1) is 33.7 Å². The molecule has 7 heterocycles. The van der Waals surface area contributed by atoms with Gasteiger partial charge in [0.15, 0.2) is 0 Å². The Labute approximate surface area is 403 Å². The minimum Gasteiger partial charge on any atom is -0.468 e. The number of benzene rings is 3. The summed E-state index contributed by atoms with van der Waals surface area (Å²) in [4.78, 5) is 41.3. The molecule has 6 aliphatic rings. The van der Waals surface area contributed by atoms with E-state index in [1.165, 1.54) is 48.9 Å². The number of nitrogens with one attached hydrogen (secondary N) is 3. The van der Waals surface area contributed by atoms with E-state index in [1.54, 1.807) is 6.07 Å². The second-order valence-corrected chi connectivity index (χ2v) is 22.1. The van der Waals surface area contributed by atoms with Gasteiger partial charge in [-0.15, -0.1) is 0 Å². The molecular weight excluding hydrogens is 897 g/mol. The van der Waals surface area contributed by atoms with Crippen LogP contribution >= 0.6 is 0 Å². The number of nitrogens with zero attached hydrogens (tertiary/aromatic N) is 5. The van der Waals surface area contributed by atoms with Crippen LogP contribution in [0, 0.1) is 21.4 Å². The Hall–Kier alpha value is -5.75. The maximum Gasteiger partial charge on any atom is 0.293 e. The Bertz CT molecular complexity index is 2850. The van der Waals surface area contributed by atoms with E-state index in [0.717, 1.165) is 62.5 Å². The van der Waals surface area contributed by atoms with Crippen LogP contribution in [0.4, 0.5) is 28.4 Å². The molecule has 69 heavy (non-hydrogen) atoms. The van der Waals surface area contributed by atoms with Crippen molar-refractivity contribution in [2.75, 3.05) is 67.7 Å². The molecule has 5 fully saturated rings. The van der Waals surface area contributed by atoms with Crippen molar-refractivity contribution in [3.63, 3.8) is 0 Å². The molecule has 0 unspecified atom stereocenters. The van der Waals surface area contributed by atoms with E-state index in [-0.39, 0.29) is 23.2 Å². The molecule has 3 atom stereocenters. The van der Waals surface area contributed by atoms with Gasteiger partial charge in [-0.1, -0.05) is 38.1 Å². The van der Waals surface area contributed by atoms with Crippen molar-refractivity contribution in [1.82, 2.24) is 19.6 Å². The van der Waals surface area contributed by atoms with Gasteiger partial charge in [0, 0.05) is 74.9 Å². The van der Waals surface area contributed by atoms with E-state index in [0.29, 0.717) is 85.7 Å². The van der Waals surface area contributed by atoms with E-state index < -0.39 is 37.5 Å². The lowest BCUT2D eigenvalue weighted by molar-refractivity contribution is -0.384. The van der Waals surface area contributed by atoms with Gasteiger partial charge in [0.25, 0.3) is 21.6 Å². The maximum absolute atomic E-state index is 14.7. The maximum atomic E-state index is 14.7. The summed E-state index contributed by atoms with van der Waals surface area (Å²) in [6, 6.07) is 23.1. The molecule has 5 aliphatic heterocycles. The van der Waals surface area contributed by atoms with Crippen LogP contribution in [0.1, 0.15) is 105 Å². The summed E-state index contributed by atoms with van der Waals surface area (Å²) in [5.74, 6) is 0.286. The van der Waals surface area contributed by atoms with Crippen LogP contribution in [0.3, 0.4) is 0 Å². The lowest BCUT2D eigenvalue weighted by Crippen LogP contribution is -2.55. The summed E-state index contributed by atoms with van der Waals surface area (Å²) in [5, 5.41) is 16.3. The number of sulfonamides is 1. The number of anilines is 4. The molecule has 17 heteroatoms. The Morgan fingerprint density at radius 2 is 1.74 bits per heavy atom. The number of fused-ring (bicyclic) bond motifs is 3. The highest BCUT2D eigenvalue weighted by atomic mass is 32.2. The van der Waals surface area contributed by atoms with Crippen LogP contribution < -0.4 is 24.6 Å². The minimum atomic E-state index is -4.59. The Kier molecular flexibility index (Phi) is 12.3. The minimum absolute atomic E-state index is 0.133. The third-order valence-corrected chi connectivity index (χ3v) is 17.3. The van der Waals surface area contributed by atoms with E-state index in [9.17, 15) is 23.3 Å². The van der Waals surface area contributed by atoms with Crippen LogP contribution in [0.5, 0.6) is 5.88 Å². The van der Waals surface area contributed by atoms with Crippen LogP contribution in [0.2, 0.25) is 0 Å². The first-order valence-corrected chi connectivity index (χ1v) is 26.3. The van der Waals surface area contributed by atoms with Crippen LogP contribution in [0.25, 0.3) is 11.0 Å². The van der Waals surface area contributed by atoms with Crippen molar-refractivity contribution in [3.05, 3.63) is 106 Å². The SMILES string of the molecule is CC(C)c1ccccc1[C@@H]1CCCN1C1CC2(CCN(c3ccc(C(=O)NS(=O)(=O)c4ccc(NCC5CCOCC5)c([N+](=O)[O-])c4)c(N4c5cc6cc[nH]c6nc5O[C@H]5COCC[C@@H]54)c3)CC2)C1. The van der Waals surface area contributed by atoms with E-state index in [2.05, 4.69) is 67.8 Å². The zero-order valence-electron chi connectivity index (χ0n) is 39.4. The highest BCUT2D eigenvalue weighted by Crippen LogP contribution is 2.55. The lowest BCUT2D eigenvalue weighted by atomic mass is 9.59. The molecule has 3 aromatic carbocycles. The number of rotatable bonds is 12. The molecule has 2 aromatic heterocycles. The van der Waals surface area contributed by atoms with Gasteiger partial charge < -0.3 is 34.3 Å². The number of aromatic amines is 1. The molecule has 5 aromatic rings. The quantitative estimate of drug-likeness (QED) is 0.0797. The largest absolute Gasteiger partial charge is 0.468 e. The highest BCUT2D eigenvalue weighted by Gasteiger charge is 2.50. The molecular formula is C52H62N8O8S. The number of carbonyl (C=O) groups excluding carboxylic acids is 1. The topological polar surface area (TPSA) is 184 Å².